The summed E-state index contributed by atoms with van der Waals surface area (Å²) in [5.74, 6) is -0.442. The van der Waals surface area contributed by atoms with Crippen LogP contribution in [-0.4, -0.2) is 30.1 Å². The third-order valence-electron chi connectivity index (χ3n) is 2.97. The highest BCUT2D eigenvalue weighted by Crippen LogP contribution is 2.28. The minimum Gasteiger partial charge on any atom is -0.489 e. The Morgan fingerprint density at radius 3 is 2.64 bits per heavy atom. The Hall–Kier alpha value is -2.16. The highest BCUT2D eigenvalue weighted by atomic mass is 35.5. The van der Waals surface area contributed by atoms with Crippen LogP contribution in [0, 0.1) is 0 Å². The Bertz CT molecular complexity index is 749. The maximum Gasteiger partial charge on any atom is 0.337 e. The summed E-state index contributed by atoms with van der Waals surface area (Å²) < 4.78 is 10.4. The Balaban J connectivity index is 0.00000312. The Labute approximate surface area is 155 Å². The lowest BCUT2D eigenvalue weighted by Crippen LogP contribution is -2.16. The summed E-state index contributed by atoms with van der Waals surface area (Å²) in [6, 6.07) is 4.71. The number of thiazole rings is 1. The van der Waals surface area contributed by atoms with Gasteiger partial charge in [0.1, 0.15) is 16.5 Å². The summed E-state index contributed by atoms with van der Waals surface area (Å²) in [5.41, 5.74) is 6.46. The Morgan fingerprint density at radius 1 is 1.36 bits per heavy atom. The van der Waals surface area contributed by atoms with Crippen molar-refractivity contribution in [2.45, 2.75) is 26.5 Å². The lowest BCUT2D eigenvalue weighted by molar-refractivity contribution is 0.0600. The number of hydrogen-bond acceptors (Lipinski definition) is 7. The van der Waals surface area contributed by atoms with Crippen molar-refractivity contribution in [3.63, 3.8) is 0 Å². The largest absolute Gasteiger partial charge is 0.489 e. The van der Waals surface area contributed by atoms with Crippen molar-refractivity contribution in [1.29, 1.82) is 0 Å². The molecule has 0 spiro atoms. The van der Waals surface area contributed by atoms with Crippen LogP contribution in [0.15, 0.2) is 23.6 Å². The zero-order valence-corrected chi connectivity index (χ0v) is 15.7. The number of amides is 1. The molecule has 0 unspecified atom stereocenters. The summed E-state index contributed by atoms with van der Waals surface area (Å²) in [6.45, 7) is 4.01. The second kappa shape index (κ2) is 9.36. The number of hydrogen-bond donors (Lipinski definition) is 2. The maximum atomic E-state index is 12.4. The number of carbonyl (C=O) groups is 2. The van der Waals surface area contributed by atoms with E-state index in [1.54, 1.807) is 17.5 Å². The molecule has 0 atom stereocenters. The molecule has 0 saturated heterocycles. The topological polar surface area (TPSA) is 104 Å². The lowest BCUT2D eigenvalue weighted by atomic mass is 10.1. The number of ether oxygens (including phenoxy) is 2. The summed E-state index contributed by atoms with van der Waals surface area (Å²) in [4.78, 5) is 28.2. The molecule has 0 fully saturated rings. The van der Waals surface area contributed by atoms with E-state index in [1.165, 1.54) is 24.5 Å². The monoisotopic (exact) mass is 385 g/mol. The van der Waals surface area contributed by atoms with Gasteiger partial charge in [-0.15, -0.1) is 23.7 Å². The number of methoxy groups -OCH3 is 1. The first-order valence-electron chi connectivity index (χ1n) is 7.29. The Morgan fingerprint density at radius 2 is 2.08 bits per heavy atom. The maximum absolute atomic E-state index is 12.4. The van der Waals surface area contributed by atoms with Crippen LogP contribution < -0.4 is 15.8 Å². The number of rotatable bonds is 6. The highest BCUT2D eigenvalue weighted by Gasteiger charge is 2.16. The van der Waals surface area contributed by atoms with Crippen molar-refractivity contribution < 1.29 is 19.1 Å². The quantitative estimate of drug-likeness (QED) is 0.741. The molecule has 1 heterocycles. The number of carbonyl (C=O) groups excluding carboxylic acids is 2. The van der Waals surface area contributed by atoms with Crippen molar-refractivity contribution in [2.24, 2.45) is 5.73 Å². The SMILES string of the molecule is COC(=O)c1ccc(OC(C)C)c(NC(=O)c2csc(CN)n2)c1.Cl. The van der Waals surface area contributed by atoms with Gasteiger partial charge in [0.2, 0.25) is 0 Å². The van der Waals surface area contributed by atoms with E-state index in [0.29, 0.717) is 22.0 Å². The molecule has 7 nitrogen and oxygen atoms in total. The van der Waals surface area contributed by atoms with Gasteiger partial charge in [0, 0.05) is 11.9 Å². The summed E-state index contributed by atoms with van der Waals surface area (Å²) in [7, 11) is 1.29. The van der Waals surface area contributed by atoms with Gasteiger partial charge in [-0.2, -0.15) is 0 Å². The summed E-state index contributed by atoms with van der Waals surface area (Å²) in [6.07, 6.45) is -0.0901. The Kier molecular flexibility index (Phi) is 7.82. The molecule has 1 aromatic carbocycles. The number of nitrogens with one attached hydrogen (secondary N) is 1. The normalized spacial score (nSPS) is 10.1. The zero-order chi connectivity index (χ0) is 17.7. The first-order chi connectivity index (χ1) is 11.4. The molecule has 136 valence electrons. The fourth-order valence-electron chi connectivity index (χ4n) is 1.92. The van der Waals surface area contributed by atoms with E-state index >= 15 is 0 Å². The van der Waals surface area contributed by atoms with Crippen LogP contribution in [0.3, 0.4) is 0 Å². The van der Waals surface area contributed by atoms with Gasteiger partial charge in [-0.05, 0) is 32.0 Å². The van der Waals surface area contributed by atoms with Crippen molar-refractivity contribution >= 4 is 41.3 Å². The number of aromatic nitrogens is 1. The number of nitrogens with two attached hydrogens (primary N) is 1. The molecular weight excluding hydrogens is 366 g/mol. The second-order valence-electron chi connectivity index (χ2n) is 5.15. The van der Waals surface area contributed by atoms with E-state index < -0.39 is 11.9 Å². The number of halogens is 1. The number of benzene rings is 1. The lowest BCUT2D eigenvalue weighted by Gasteiger charge is -2.15. The van der Waals surface area contributed by atoms with E-state index in [9.17, 15) is 9.59 Å². The molecule has 2 rings (SSSR count). The van der Waals surface area contributed by atoms with Gasteiger partial charge >= 0.3 is 5.97 Å². The molecule has 9 heteroatoms. The minimum absolute atomic E-state index is 0. The summed E-state index contributed by atoms with van der Waals surface area (Å²) in [5, 5.41) is 5.02. The van der Waals surface area contributed by atoms with Crippen LogP contribution in [-0.2, 0) is 11.3 Å². The average molecular weight is 386 g/mol. The second-order valence-corrected chi connectivity index (χ2v) is 6.10. The molecule has 0 aliphatic rings. The van der Waals surface area contributed by atoms with E-state index in [-0.39, 0.29) is 30.7 Å². The van der Waals surface area contributed by atoms with E-state index in [2.05, 4.69) is 10.3 Å². The minimum atomic E-state index is -0.499. The van der Waals surface area contributed by atoms with Gasteiger partial charge in [-0.3, -0.25) is 4.79 Å². The van der Waals surface area contributed by atoms with E-state index in [0.717, 1.165) is 0 Å². The van der Waals surface area contributed by atoms with Crippen LogP contribution in [0.5, 0.6) is 5.75 Å². The highest BCUT2D eigenvalue weighted by molar-refractivity contribution is 7.09. The van der Waals surface area contributed by atoms with Gasteiger partial charge in [0.25, 0.3) is 5.91 Å². The van der Waals surface area contributed by atoms with Crippen LogP contribution in [0.2, 0.25) is 0 Å². The molecule has 0 aliphatic carbocycles. The standard InChI is InChI=1S/C16H19N3O4S.ClH/c1-9(2)23-13-5-4-10(16(21)22-3)6-11(13)19-15(20)12-8-24-14(7-17)18-12;/h4-6,8-9H,7,17H2,1-3H3,(H,19,20);1H. The molecule has 1 aromatic heterocycles. The fourth-order valence-corrected chi connectivity index (χ4v) is 2.58. The predicted octanol–water partition coefficient (Wildman–Crippen LogP) is 2.85. The molecule has 1 amide bonds. The van der Waals surface area contributed by atoms with Crippen molar-refractivity contribution in [2.75, 3.05) is 12.4 Å². The average Bonchev–Trinajstić information content (AvgIpc) is 3.04. The van der Waals surface area contributed by atoms with E-state index in [1.807, 2.05) is 13.8 Å². The molecule has 0 radical (unpaired) electrons. The van der Waals surface area contributed by atoms with Crippen LogP contribution in [0.4, 0.5) is 5.69 Å². The van der Waals surface area contributed by atoms with Gasteiger partial charge in [0.15, 0.2) is 0 Å². The number of anilines is 1. The molecule has 2 aromatic rings. The van der Waals surface area contributed by atoms with Crippen LogP contribution in [0.25, 0.3) is 0 Å². The zero-order valence-electron chi connectivity index (χ0n) is 14.1. The first-order valence-corrected chi connectivity index (χ1v) is 8.17. The van der Waals surface area contributed by atoms with Crippen molar-refractivity contribution in [3.05, 3.63) is 39.8 Å². The number of esters is 1. The molecule has 0 saturated carbocycles. The fraction of sp³-hybridized carbons (Fsp3) is 0.312. The van der Waals surface area contributed by atoms with Crippen molar-refractivity contribution in [3.8, 4) is 5.75 Å². The van der Waals surface area contributed by atoms with Gasteiger partial charge in [-0.1, -0.05) is 0 Å². The molecule has 3 N–H and O–H groups in total. The predicted molar refractivity (Wildman–Crippen MR) is 98.8 cm³/mol. The number of nitrogens with zero attached hydrogens (tertiary/aromatic N) is 1. The van der Waals surface area contributed by atoms with Crippen molar-refractivity contribution in [1.82, 2.24) is 4.98 Å². The third kappa shape index (κ3) is 5.42. The summed E-state index contributed by atoms with van der Waals surface area (Å²) >= 11 is 1.31. The molecule has 0 aliphatic heterocycles. The first kappa shape index (κ1) is 20.9. The molecular formula is C16H20ClN3O4S. The smallest absolute Gasteiger partial charge is 0.337 e. The third-order valence-corrected chi connectivity index (χ3v) is 3.84. The van der Waals surface area contributed by atoms with Gasteiger partial charge in [-0.25, -0.2) is 9.78 Å². The van der Waals surface area contributed by atoms with Crippen LogP contribution in [0.1, 0.15) is 39.7 Å². The molecule has 0 bridgehead atoms. The van der Waals surface area contributed by atoms with Gasteiger partial charge in [0.05, 0.1) is 24.5 Å². The van der Waals surface area contributed by atoms with E-state index in [4.69, 9.17) is 15.2 Å². The van der Waals surface area contributed by atoms with Crippen LogP contribution >= 0.6 is 23.7 Å². The van der Waals surface area contributed by atoms with Gasteiger partial charge < -0.3 is 20.5 Å². The molecule has 25 heavy (non-hydrogen) atoms.